The van der Waals surface area contributed by atoms with Gasteiger partial charge in [-0.25, -0.2) is 0 Å². The van der Waals surface area contributed by atoms with Crippen LogP contribution < -0.4 is 5.32 Å². The van der Waals surface area contributed by atoms with E-state index < -0.39 is 5.97 Å². The molecule has 1 aromatic carbocycles. The molecule has 2 N–H and O–H groups in total. The van der Waals surface area contributed by atoms with Gasteiger partial charge in [0.25, 0.3) is 5.91 Å². The van der Waals surface area contributed by atoms with Gasteiger partial charge in [-0.2, -0.15) is 0 Å². The zero-order valence-corrected chi connectivity index (χ0v) is 11.5. The Balaban J connectivity index is 1.69. The lowest BCUT2D eigenvalue weighted by atomic mass is 9.86. The van der Waals surface area contributed by atoms with Crippen LogP contribution in [0.15, 0.2) is 34.7 Å². The molecule has 3 rings (SSSR count). The van der Waals surface area contributed by atoms with Crippen molar-refractivity contribution in [2.24, 2.45) is 5.92 Å². The third kappa shape index (κ3) is 2.91. The number of benzene rings is 1. The van der Waals surface area contributed by atoms with Gasteiger partial charge >= 0.3 is 5.97 Å². The summed E-state index contributed by atoms with van der Waals surface area (Å²) < 4.78 is 5.52. The molecule has 1 fully saturated rings. The molecule has 0 aliphatic heterocycles. The molecule has 2 aromatic rings. The predicted octanol–water partition coefficient (Wildman–Crippen LogP) is 2.81. The lowest BCUT2D eigenvalue weighted by Gasteiger charge is -2.26. The summed E-state index contributed by atoms with van der Waals surface area (Å²) in [6.07, 6.45) is 2.81. The Kier molecular flexibility index (Phi) is 3.64. The number of nitrogens with one attached hydrogen (secondary N) is 1. The molecule has 0 bridgehead atoms. The third-order valence-corrected chi connectivity index (χ3v) is 4.01. The van der Waals surface area contributed by atoms with Crippen molar-refractivity contribution in [2.75, 3.05) is 0 Å². The van der Waals surface area contributed by atoms with Crippen LogP contribution in [0.3, 0.4) is 0 Å². The molecule has 1 aromatic heterocycles. The lowest BCUT2D eigenvalue weighted by molar-refractivity contribution is -0.143. The highest BCUT2D eigenvalue weighted by molar-refractivity contribution is 5.96. The Bertz CT molecular complexity index is 643. The van der Waals surface area contributed by atoms with E-state index >= 15 is 0 Å². The summed E-state index contributed by atoms with van der Waals surface area (Å²) in [6.45, 7) is 0. The fraction of sp³-hybridized carbons (Fsp3) is 0.375. The molecule has 0 radical (unpaired) electrons. The van der Waals surface area contributed by atoms with Crippen LogP contribution >= 0.6 is 0 Å². The second-order valence-electron chi connectivity index (χ2n) is 5.52. The summed E-state index contributed by atoms with van der Waals surface area (Å²) in [5.41, 5.74) is 0.676. The van der Waals surface area contributed by atoms with Gasteiger partial charge in [-0.15, -0.1) is 0 Å². The topological polar surface area (TPSA) is 79.5 Å². The molecule has 1 saturated carbocycles. The number of fused-ring (bicyclic) bond motifs is 1. The zero-order chi connectivity index (χ0) is 14.8. The SMILES string of the molecule is O=C(NC1CCCC(C(=O)O)C1)c1cc2ccccc2o1. The number of rotatable bonds is 3. The number of hydrogen-bond acceptors (Lipinski definition) is 3. The van der Waals surface area contributed by atoms with Gasteiger partial charge in [-0.1, -0.05) is 24.6 Å². The fourth-order valence-corrected chi connectivity index (χ4v) is 2.90. The Hall–Kier alpha value is -2.30. The third-order valence-electron chi connectivity index (χ3n) is 4.01. The molecule has 1 amide bonds. The van der Waals surface area contributed by atoms with E-state index in [2.05, 4.69) is 5.32 Å². The van der Waals surface area contributed by atoms with Gasteiger partial charge in [0.1, 0.15) is 5.58 Å². The van der Waals surface area contributed by atoms with Crippen molar-refractivity contribution < 1.29 is 19.1 Å². The van der Waals surface area contributed by atoms with Crippen LogP contribution in [0.25, 0.3) is 11.0 Å². The highest BCUT2D eigenvalue weighted by atomic mass is 16.4. The van der Waals surface area contributed by atoms with Crippen LogP contribution in [0.4, 0.5) is 0 Å². The van der Waals surface area contributed by atoms with Gasteiger partial charge < -0.3 is 14.8 Å². The van der Waals surface area contributed by atoms with Crippen molar-refractivity contribution in [1.82, 2.24) is 5.32 Å². The van der Waals surface area contributed by atoms with Crippen LogP contribution in [0.1, 0.15) is 36.2 Å². The number of carbonyl (C=O) groups excluding carboxylic acids is 1. The van der Waals surface area contributed by atoms with Crippen molar-refractivity contribution in [2.45, 2.75) is 31.7 Å². The van der Waals surface area contributed by atoms with E-state index in [1.165, 1.54) is 0 Å². The number of amides is 1. The number of aliphatic carboxylic acids is 1. The molecule has 5 nitrogen and oxygen atoms in total. The van der Waals surface area contributed by atoms with E-state index in [1.807, 2.05) is 24.3 Å². The molecular formula is C16H17NO4. The first-order valence-electron chi connectivity index (χ1n) is 7.16. The number of carboxylic acid groups (broad SMARTS) is 1. The van der Waals surface area contributed by atoms with Crippen molar-refractivity contribution in [1.29, 1.82) is 0 Å². The molecule has 2 unspecified atom stereocenters. The van der Waals surface area contributed by atoms with E-state index in [0.29, 0.717) is 18.4 Å². The van der Waals surface area contributed by atoms with Crippen LogP contribution in [-0.2, 0) is 4.79 Å². The Morgan fingerprint density at radius 1 is 1.24 bits per heavy atom. The number of hydrogen-bond donors (Lipinski definition) is 2. The van der Waals surface area contributed by atoms with Crippen molar-refractivity contribution in [3.05, 3.63) is 36.1 Å². The number of carboxylic acids is 1. The second-order valence-corrected chi connectivity index (χ2v) is 5.52. The van der Waals surface area contributed by atoms with Crippen LogP contribution in [-0.4, -0.2) is 23.0 Å². The summed E-state index contributed by atoms with van der Waals surface area (Å²) >= 11 is 0. The molecular weight excluding hydrogens is 270 g/mol. The van der Waals surface area contributed by atoms with E-state index in [9.17, 15) is 9.59 Å². The maximum Gasteiger partial charge on any atom is 0.306 e. The van der Waals surface area contributed by atoms with Crippen molar-refractivity contribution in [3.8, 4) is 0 Å². The van der Waals surface area contributed by atoms with Gasteiger partial charge in [0.15, 0.2) is 5.76 Å². The Morgan fingerprint density at radius 3 is 2.81 bits per heavy atom. The average molecular weight is 287 g/mol. The van der Waals surface area contributed by atoms with Crippen LogP contribution in [0.5, 0.6) is 0 Å². The zero-order valence-electron chi connectivity index (χ0n) is 11.5. The molecule has 5 heteroatoms. The Labute approximate surface area is 121 Å². The molecule has 1 aliphatic rings. The van der Waals surface area contributed by atoms with Gasteiger partial charge in [-0.3, -0.25) is 9.59 Å². The number of carbonyl (C=O) groups is 2. The Morgan fingerprint density at radius 2 is 2.05 bits per heavy atom. The van der Waals surface area contributed by atoms with E-state index in [-0.39, 0.29) is 23.6 Å². The highest BCUT2D eigenvalue weighted by Crippen LogP contribution is 2.25. The molecule has 110 valence electrons. The molecule has 21 heavy (non-hydrogen) atoms. The van der Waals surface area contributed by atoms with Crippen LogP contribution in [0, 0.1) is 5.92 Å². The van der Waals surface area contributed by atoms with Gasteiger partial charge in [0.05, 0.1) is 5.92 Å². The number of furan rings is 1. The molecule has 2 atom stereocenters. The average Bonchev–Trinajstić information content (AvgIpc) is 2.91. The molecule has 0 saturated heterocycles. The molecule has 1 aliphatic carbocycles. The summed E-state index contributed by atoms with van der Waals surface area (Å²) in [5.74, 6) is -1.15. The predicted molar refractivity (Wildman–Crippen MR) is 77.1 cm³/mol. The standard InChI is InChI=1S/C16H17NO4/c18-15(14-9-10-4-1-2-7-13(10)21-14)17-12-6-3-5-11(8-12)16(19)20/h1-2,4,7,9,11-12H,3,5-6,8H2,(H,17,18)(H,19,20). The van der Waals surface area contributed by atoms with Gasteiger partial charge in [0, 0.05) is 11.4 Å². The van der Waals surface area contributed by atoms with Gasteiger partial charge in [-0.05, 0) is 31.4 Å². The summed E-state index contributed by atoms with van der Waals surface area (Å²) in [4.78, 5) is 23.2. The maximum atomic E-state index is 12.2. The minimum absolute atomic E-state index is 0.0967. The van der Waals surface area contributed by atoms with E-state index in [1.54, 1.807) is 6.07 Å². The monoisotopic (exact) mass is 287 g/mol. The van der Waals surface area contributed by atoms with Crippen LogP contribution in [0.2, 0.25) is 0 Å². The first kappa shape index (κ1) is 13.7. The van der Waals surface area contributed by atoms with E-state index in [0.717, 1.165) is 18.2 Å². The largest absolute Gasteiger partial charge is 0.481 e. The van der Waals surface area contributed by atoms with Gasteiger partial charge in [0.2, 0.25) is 0 Å². The lowest BCUT2D eigenvalue weighted by Crippen LogP contribution is -2.39. The number of para-hydroxylation sites is 1. The highest BCUT2D eigenvalue weighted by Gasteiger charge is 2.28. The summed E-state index contributed by atoms with van der Waals surface area (Å²) in [5, 5.41) is 12.8. The quantitative estimate of drug-likeness (QED) is 0.909. The summed E-state index contributed by atoms with van der Waals surface area (Å²) in [6, 6.07) is 9.05. The summed E-state index contributed by atoms with van der Waals surface area (Å²) in [7, 11) is 0. The first-order chi connectivity index (χ1) is 10.1. The second kappa shape index (κ2) is 5.60. The smallest absolute Gasteiger partial charge is 0.306 e. The first-order valence-corrected chi connectivity index (χ1v) is 7.16. The molecule has 0 spiro atoms. The fourth-order valence-electron chi connectivity index (χ4n) is 2.90. The van der Waals surface area contributed by atoms with E-state index in [4.69, 9.17) is 9.52 Å². The van der Waals surface area contributed by atoms with Crippen molar-refractivity contribution in [3.63, 3.8) is 0 Å². The molecule has 1 heterocycles. The normalized spacial score (nSPS) is 22.1. The van der Waals surface area contributed by atoms with Crippen molar-refractivity contribution >= 4 is 22.8 Å². The maximum absolute atomic E-state index is 12.2. The minimum Gasteiger partial charge on any atom is -0.481 e. The minimum atomic E-state index is -0.780.